The van der Waals surface area contributed by atoms with Crippen LogP contribution >= 0.6 is 0 Å². The van der Waals surface area contributed by atoms with Gasteiger partial charge in [0, 0.05) is 17.6 Å². The van der Waals surface area contributed by atoms with Crippen LogP contribution in [0.15, 0.2) is 24.3 Å². The Bertz CT molecular complexity index is 414. The molecule has 0 amide bonds. The Hall–Kier alpha value is -1.27. The molecule has 0 aliphatic carbocycles. The molecule has 0 unspecified atom stereocenters. The van der Waals surface area contributed by atoms with Crippen molar-refractivity contribution in [1.29, 1.82) is 0 Å². The number of nitrogens with one attached hydrogen (secondary N) is 1. The van der Waals surface area contributed by atoms with Crippen LogP contribution in [0.3, 0.4) is 0 Å². The van der Waals surface area contributed by atoms with Gasteiger partial charge in [-0.1, -0.05) is 18.2 Å². The van der Waals surface area contributed by atoms with Crippen molar-refractivity contribution in [3.63, 3.8) is 0 Å². The Kier molecular flexibility index (Phi) is 5.83. The molecule has 0 radical (unpaired) electrons. The third-order valence-electron chi connectivity index (χ3n) is 2.39. The molecule has 20 heavy (non-hydrogen) atoms. The van der Waals surface area contributed by atoms with Gasteiger partial charge in [-0.3, -0.25) is 4.74 Å². The molecular formula is C14H20F3NO2. The highest BCUT2D eigenvalue weighted by Crippen LogP contribution is 2.19. The highest BCUT2D eigenvalue weighted by Gasteiger charge is 2.28. The normalized spacial score (nSPS) is 12.5. The highest BCUT2D eigenvalue weighted by molar-refractivity contribution is 5.33. The number of ether oxygens (including phenoxy) is 2. The number of alkyl halides is 3. The van der Waals surface area contributed by atoms with Crippen LogP contribution in [0.5, 0.6) is 5.75 Å². The van der Waals surface area contributed by atoms with Gasteiger partial charge < -0.3 is 10.1 Å². The SMILES string of the molecule is CC(C)(C)NCc1ccccc1OCCOC(F)(F)F. The second-order valence-corrected chi connectivity index (χ2v) is 5.35. The fraction of sp³-hybridized carbons (Fsp3) is 0.571. The van der Waals surface area contributed by atoms with Crippen molar-refractivity contribution in [3.8, 4) is 5.75 Å². The summed E-state index contributed by atoms with van der Waals surface area (Å²) in [6.07, 6.45) is -4.61. The fourth-order valence-corrected chi connectivity index (χ4v) is 1.46. The Balaban J connectivity index is 2.49. The minimum atomic E-state index is -4.61. The topological polar surface area (TPSA) is 30.5 Å². The minimum absolute atomic E-state index is 0.0491. The first kappa shape index (κ1) is 16.8. The van der Waals surface area contributed by atoms with Gasteiger partial charge in [-0.15, -0.1) is 13.2 Å². The summed E-state index contributed by atoms with van der Waals surface area (Å²) in [5, 5.41) is 3.30. The van der Waals surface area contributed by atoms with Gasteiger partial charge in [0.05, 0.1) is 6.61 Å². The summed E-state index contributed by atoms with van der Waals surface area (Å²) in [6, 6.07) is 7.24. The zero-order valence-electron chi connectivity index (χ0n) is 11.9. The van der Waals surface area contributed by atoms with E-state index in [1.54, 1.807) is 12.1 Å². The monoisotopic (exact) mass is 291 g/mol. The molecule has 0 aliphatic heterocycles. The van der Waals surface area contributed by atoms with Crippen molar-refractivity contribution in [2.24, 2.45) is 0 Å². The van der Waals surface area contributed by atoms with Gasteiger partial charge in [0.1, 0.15) is 12.4 Å². The first-order chi connectivity index (χ1) is 9.17. The average Bonchev–Trinajstić information content (AvgIpc) is 2.31. The molecule has 3 nitrogen and oxygen atoms in total. The number of rotatable bonds is 6. The van der Waals surface area contributed by atoms with Crippen LogP contribution < -0.4 is 10.1 Å². The summed E-state index contributed by atoms with van der Waals surface area (Å²) in [5.74, 6) is 0.565. The van der Waals surface area contributed by atoms with Gasteiger partial charge in [-0.25, -0.2) is 0 Å². The van der Waals surface area contributed by atoms with Crippen molar-refractivity contribution >= 4 is 0 Å². The minimum Gasteiger partial charge on any atom is -0.491 e. The van der Waals surface area contributed by atoms with E-state index in [1.807, 2.05) is 32.9 Å². The van der Waals surface area contributed by atoms with Crippen LogP contribution in [0.1, 0.15) is 26.3 Å². The van der Waals surface area contributed by atoms with Crippen molar-refractivity contribution in [2.45, 2.75) is 39.2 Å². The lowest BCUT2D eigenvalue weighted by Gasteiger charge is -2.21. The Morgan fingerprint density at radius 2 is 1.70 bits per heavy atom. The maximum atomic E-state index is 11.8. The van der Waals surface area contributed by atoms with Crippen molar-refractivity contribution in [2.75, 3.05) is 13.2 Å². The molecule has 0 saturated heterocycles. The predicted molar refractivity (Wildman–Crippen MR) is 70.5 cm³/mol. The van der Waals surface area contributed by atoms with Gasteiger partial charge >= 0.3 is 6.36 Å². The first-order valence-corrected chi connectivity index (χ1v) is 6.34. The summed E-state index contributed by atoms with van der Waals surface area (Å²) >= 11 is 0. The molecule has 1 N–H and O–H groups in total. The van der Waals surface area contributed by atoms with Crippen molar-refractivity contribution < 1.29 is 22.6 Å². The van der Waals surface area contributed by atoms with E-state index >= 15 is 0 Å². The maximum absolute atomic E-state index is 11.8. The van der Waals surface area contributed by atoms with Crippen LogP contribution in [0.2, 0.25) is 0 Å². The molecule has 0 atom stereocenters. The quantitative estimate of drug-likeness (QED) is 0.814. The summed E-state index contributed by atoms with van der Waals surface area (Å²) in [5.41, 5.74) is 0.849. The molecule has 1 aromatic rings. The second kappa shape index (κ2) is 6.95. The fourth-order valence-electron chi connectivity index (χ4n) is 1.46. The van der Waals surface area contributed by atoms with Crippen LogP contribution in [-0.2, 0) is 11.3 Å². The third kappa shape index (κ3) is 7.35. The Labute approximate surface area is 117 Å². The molecule has 0 aromatic heterocycles. The molecule has 0 aliphatic rings. The van der Waals surface area contributed by atoms with E-state index in [-0.39, 0.29) is 12.1 Å². The van der Waals surface area contributed by atoms with Crippen LogP contribution in [0.4, 0.5) is 13.2 Å². The van der Waals surface area contributed by atoms with E-state index in [4.69, 9.17) is 4.74 Å². The summed E-state index contributed by atoms with van der Waals surface area (Å²) in [7, 11) is 0. The van der Waals surface area contributed by atoms with Gasteiger partial charge in [-0.05, 0) is 26.8 Å². The summed E-state index contributed by atoms with van der Waals surface area (Å²) < 4.78 is 44.5. The molecule has 0 saturated carbocycles. The zero-order valence-corrected chi connectivity index (χ0v) is 11.9. The lowest BCUT2D eigenvalue weighted by Crippen LogP contribution is -2.35. The largest absolute Gasteiger partial charge is 0.522 e. The molecule has 114 valence electrons. The average molecular weight is 291 g/mol. The highest BCUT2D eigenvalue weighted by atomic mass is 19.4. The van der Waals surface area contributed by atoms with Gasteiger partial charge in [0.15, 0.2) is 0 Å². The van der Waals surface area contributed by atoms with Crippen molar-refractivity contribution in [3.05, 3.63) is 29.8 Å². The van der Waals surface area contributed by atoms with Crippen LogP contribution in [0, 0.1) is 0 Å². The molecular weight excluding hydrogens is 271 g/mol. The molecule has 0 spiro atoms. The number of hydrogen-bond donors (Lipinski definition) is 1. The lowest BCUT2D eigenvalue weighted by molar-refractivity contribution is -0.325. The van der Waals surface area contributed by atoms with E-state index < -0.39 is 13.0 Å². The van der Waals surface area contributed by atoms with E-state index in [2.05, 4.69) is 10.1 Å². The maximum Gasteiger partial charge on any atom is 0.522 e. The molecule has 1 rings (SSSR count). The number of benzene rings is 1. The number of hydrogen-bond acceptors (Lipinski definition) is 3. The smallest absolute Gasteiger partial charge is 0.491 e. The van der Waals surface area contributed by atoms with Crippen molar-refractivity contribution in [1.82, 2.24) is 5.32 Å². The van der Waals surface area contributed by atoms with Gasteiger partial charge in [-0.2, -0.15) is 0 Å². The molecule has 0 fully saturated rings. The second-order valence-electron chi connectivity index (χ2n) is 5.35. The van der Waals surface area contributed by atoms with Crippen LogP contribution in [0.25, 0.3) is 0 Å². The molecule has 0 heterocycles. The van der Waals surface area contributed by atoms with E-state index in [1.165, 1.54) is 0 Å². The van der Waals surface area contributed by atoms with E-state index in [0.717, 1.165) is 5.56 Å². The predicted octanol–water partition coefficient (Wildman–Crippen LogP) is 3.49. The Morgan fingerprint density at radius 3 is 2.30 bits per heavy atom. The first-order valence-electron chi connectivity index (χ1n) is 6.34. The zero-order chi connectivity index (χ0) is 15.2. The third-order valence-corrected chi connectivity index (χ3v) is 2.39. The van der Waals surface area contributed by atoms with Crippen LogP contribution in [-0.4, -0.2) is 25.1 Å². The molecule has 0 bridgehead atoms. The summed E-state index contributed by atoms with van der Waals surface area (Å²) in [6.45, 7) is 6.02. The summed E-state index contributed by atoms with van der Waals surface area (Å²) in [4.78, 5) is 0. The molecule has 1 aromatic carbocycles. The molecule has 6 heteroatoms. The number of halogens is 3. The lowest BCUT2D eigenvalue weighted by atomic mass is 10.1. The Morgan fingerprint density at radius 1 is 1.05 bits per heavy atom. The van der Waals surface area contributed by atoms with Gasteiger partial charge in [0.2, 0.25) is 0 Å². The van der Waals surface area contributed by atoms with E-state index in [0.29, 0.717) is 12.3 Å². The van der Waals surface area contributed by atoms with Gasteiger partial charge in [0.25, 0.3) is 0 Å². The van der Waals surface area contributed by atoms with E-state index in [9.17, 15) is 13.2 Å². The number of para-hydroxylation sites is 1. The standard InChI is InChI=1S/C14H20F3NO2/c1-13(2,3)18-10-11-6-4-5-7-12(11)19-8-9-20-14(15,16)17/h4-7,18H,8-10H2,1-3H3.